The molecule has 4 nitrogen and oxygen atoms in total. The lowest BCUT2D eigenvalue weighted by Gasteiger charge is -2.38. The number of aliphatic hydroxyl groups is 1. The van der Waals surface area contributed by atoms with E-state index in [2.05, 4.69) is 20.9 Å². The van der Waals surface area contributed by atoms with E-state index in [4.69, 9.17) is 11.6 Å². The van der Waals surface area contributed by atoms with Crippen molar-refractivity contribution in [2.24, 2.45) is 0 Å². The number of aliphatic hydroxyl groups excluding tert-OH is 1. The lowest BCUT2D eigenvalue weighted by molar-refractivity contribution is 0.126. The summed E-state index contributed by atoms with van der Waals surface area (Å²) in [5.41, 5.74) is 0. The molecular formula is C13H14ClN3OS. The Morgan fingerprint density at radius 3 is 2.74 bits per heavy atom. The maximum atomic E-state index is 9.90. The van der Waals surface area contributed by atoms with Crippen molar-refractivity contribution >= 4 is 39.0 Å². The molecule has 2 bridgehead atoms. The van der Waals surface area contributed by atoms with Crippen molar-refractivity contribution < 1.29 is 5.11 Å². The van der Waals surface area contributed by atoms with E-state index in [0.29, 0.717) is 17.4 Å². The van der Waals surface area contributed by atoms with Crippen molar-refractivity contribution in [3.05, 3.63) is 16.7 Å². The zero-order chi connectivity index (χ0) is 13.0. The van der Waals surface area contributed by atoms with Crippen LogP contribution >= 0.6 is 22.9 Å². The second kappa shape index (κ2) is 4.30. The van der Waals surface area contributed by atoms with Crippen LogP contribution in [0.5, 0.6) is 0 Å². The van der Waals surface area contributed by atoms with Crippen molar-refractivity contribution in [2.75, 3.05) is 4.90 Å². The fourth-order valence-corrected chi connectivity index (χ4v) is 4.48. The molecule has 2 fully saturated rings. The number of thiophene rings is 1. The predicted octanol–water partition coefficient (Wildman–Crippen LogP) is 2.84. The zero-order valence-corrected chi connectivity index (χ0v) is 11.9. The Labute approximate surface area is 120 Å². The van der Waals surface area contributed by atoms with Crippen LogP contribution < -0.4 is 4.90 Å². The molecule has 0 amide bonds. The molecule has 0 radical (unpaired) electrons. The average Bonchev–Trinajstić information content (AvgIpc) is 2.92. The molecule has 2 aliphatic heterocycles. The highest BCUT2D eigenvalue weighted by Crippen LogP contribution is 2.41. The summed E-state index contributed by atoms with van der Waals surface area (Å²) in [6.45, 7) is 0. The number of rotatable bonds is 1. The molecule has 2 unspecified atom stereocenters. The number of nitrogens with zero attached hydrogens (tertiary/aromatic N) is 3. The second-order valence-corrected chi connectivity index (χ2v) is 6.61. The van der Waals surface area contributed by atoms with E-state index in [0.717, 1.165) is 41.7 Å². The van der Waals surface area contributed by atoms with Gasteiger partial charge in [-0.1, -0.05) is 0 Å². The SMILES string of the molecule is OC1CC2CCC(C1)N2c1nc(Cl)nc2sccc12. The number of fused-ring (bicyclic) bond motifs is 3. The van der Waals surface area contributed by atoms with Crippen LogP contribution in [0.1, 0.15) is 25.7 Å². The van der Waals surface area contributed by atoms with Gasteiger partial charge in [0.05, 0.1) is 11.5 Å². The van der Waals surface area contributed by atoms with Gasteiger partial charge in [-0.05, 0) is 48.7 Å². The van der Waals surface area contributed by atoms with Gasteiger partial charge in [0.25, 0.3) is 0 Å². The molecule has 2 aromatic heterocycles. The minimum atomic E-state index is -0.163. The van der Waals surface area contributed by atoms with Crippen LogP contribution in [0.15, 0.2) is 11.4 Å². The molecular weight excluding hydrogens is 282 g/mol. The highest BCUT2D eigenvalue weighted by Gasteiger charge is 2.41. The van der Waals surface area contributed by atoms with E-state index >= 15 is 0 Å². The van der Waals surface area contributed by atoms with Crippen LogP contribution in [0.2, 0.25) is 5.28 Å². The molecule has 6 heteroatoms. The van der Waals surface area contributed by atoms with E-state index in [9.17, 15) is 5.11 Å². The summed E-state index contributed by atoms with van der Waals surface area (Å²) in [5.74, 6) is 0.954. The topological polar surface area (TPSA) is 49.2 Å². The van der Waals surface area contributed by atoms with Crippen LogP contribution in [0, 0.1) is 0 Å². The Balaban J connectivity index is 1.84. The Hall–Kier alpha value is -0.910. The van der Waals surface area contributed by atoms with Crippen LogP contribution in [0.25, 0.3) is 10.2 Å². The maximum Gasteiger partial charge on any atom is 0.225 e. The summed E-state index contributed by atoms with van der Waals surface area (Å²) in [6.07, 6.45) is 3.78. The average molecular weight is 296 g/mol. The van der Waals surface area contributed by atoms with Gasteiger partial charge in [0.2, 0.25) is 5.28 Å². The lowest BCUT2D eigenvalue weighted by atomic mass is 10.00. The van der Waals surface area contributed by atoms with E-state index < -0.39 is 0 Å². The molecule has 0 saturated carbocycles. The summed E-state index contributed by atoms with van der Waals surface area (Å²) < 4.78 is 0. The van der Waals surface area contributed by atoms with Crippen LogP contribution in [-0.4, -0.2) is 33.3 Å². The molecule has 0 aliphatic carbocycles. The van der Waals surface area contributed by atoms with Crippen molar-refractivity contribution in [1.29, 1.82) is 0 Å². The van der Waals surface area contributed by atoms with E-state index in [1.807, 2.05) is 5.38 Å². The third-order valence-corrected chi connectivity index (χ3v) is 5.21. The minimum Gasteiger partial charge on any atom is -0.393 e. The summed E-state index contributed by atoms with van der Waals surface area (Å²) >= 11 is 7.64. The molecule has 1 N–H and O–H groups in total. The summed E-state index contributed by atoms with van der Waals surface area (Å²) in [7, 11) is 0. The van der Waals surface area contributed by atoms with Gasteiger partial charge in [0, 0.05) is 12.1 Å². The number of piperidine rings is 1. The summed E-state index contributed by atoms with van der Waals surface area (Å²) in [6, 6.07) is 2.85. The normalized spacial score (nSPS) is 30.2. The Morgan fingerprint density at radius 1 is 1.26 bits per heavy atom. The van der Waals surface area contributed by atoms with E-state index in [1.54, 1.807) is 11.3 Å². The number of aromatic nitrogens is 2. The monoisotopic (exact) mass is 295 g/mol. The molecule has 0 spiro atoms. The first-order valence-corrected chi connectivity index (χ1v) is 7.85. The number of halogens is 1. The fraction of sp³-hybridized carbons (Fsp3) is 0.538. The first-order valence-electron chi connectivity index (χ1n) is 6.59. The zero-order valence-electron chi connectivity index (χ0n) is 10.3. The Bertz CT molecular complexity index is 617. The molecule has 4 rings (SSSR count). The highest BCUT2D eigenvalue weighted by atomic mass is 35.5. The fourth-order valence-electron chi connectivity index (χ4n) is 3.51. The third-order valence-electron chi connectivity index (χ3n) is 4.23. The number of hydrogen-bond donors (Lipinski definition) is 1. The largest absolute Gasteiger partial charge is 0.393 e. The number of anilines is 1. The molecule has 2 aliphatic rings. The Morgan fingerprint density at radius 2 is 2.00 bits per heavy atom. The minimum absolute atomic E-state index is 0.163. The second-order valence-electron chi connectivity index (χ2n) is 5.37. The first-order chi connectivity index (χ1) is 9.22. The summed E-state index contributed by atoms with van der Waals surface area (Å²) in [4.78, 5) is 12.1. The molecule has 2 saturated heterocycles. The van der Waals surface area contributed by atoms with Crippen LogP contribution in [0.4, 0.5) is 5.82 Å². The van der Waals surface area contributed by atoms with Crippen LogP contribution in [0.3, 0.4) is 0 Å². The van der Waals surface area contributed by atoms with Gasteiger partial charge in [-0.25, -0.2) is 4.98 Å². The maximum absolute atomic E-state index is 9.90. The molecule has 4 heterocycles. The van der Waals surface area contributed by atoms with Gasteiger partial charge >= 0.3 is 0 Å². The first kappa shape index (κ1) is 11.9. The van der Waals surface area contributed by atoms with E-state index in [1.165, 1.54) is 0 Å². The summed E-state index contributed by atoms with van der Waals surface area (Å²) in [5, 5.41) is 13.3. The van der Waals surface area contributed by atoms with Crippen molar-refractivity contribution in [3.63, 3.8) is 0 Å². The van der Waals surface area contributed by atoms with Gasteiger partial charge in [0.15, 0.2) is 0 Å². The van der Waals surface area contributed by atoms with Crippen molar-refractivity contribution in [2.45, 2.75) is 43.9 Å². The van der Waals surface area contributed by atoms with E-state index in [-0.39, 0.29) is 6.10 Å². The molecule has 100 valence electrons. The van der Waals surface area contributed by atoms with Gasteiger partial charge in [-0.2, -0.15) is 4.98 Å². The molecule has 2 aromatic rings. The smallest absolute Gasteiger partial charge is 0.225 e. The van der Waals surface area contributed by atoms with Gasteiger partial charge in [-0.3, -0.25) is 0 Å². The molecule has 19 heavy (non-hydrogen) atoms. The van der Waals surface area contributed by atoms with Crippen LogP contribution in [-0.2, 0) is 0 Å². The van der Waals surface area contributed by atoms with Gasteiger partial charge in [-0.15, -0.1) is 11.3 Å². The standard InChI is InChI=1S/C13H14ClN3OS/c14-13-15-11(10-3-4-19-12(10)16-13)17-7-1-2-8(17)6-9(18)5-7/h3-4,7-9,18H,1-2,5-6H2. The van der Waals surface area contributed by atoms with Gasteiger partial charge < -0.3 is 10.0 Å². The quantitative estimate of drug-likeness (QED) is 0.822. The predicted molar refractivity (Wildman–Crippen MR) is 77.0 cm³/mol. The van der Waals surface area contributed by atoms with Gasteiger partial charge in [0.1, 0.15) is 10.6 Å². The Kier molecular flexibility index (Phi) is 2.69. The molecule has 0 aromatic carbocycles. The van der Waals surface area contributed by atoms with Crippen molar-refractivity contribution in [3.8, 4) is 0 Å². The lowest BCUT2D eigenvalue weighted by Crippen LogP contribution is -2.45. The highest BCUT2D eigenvalue weighted by molar-refractivity contribution is 7.16. The third kappa shape index (κ3) is 1.83. The number of hydrogen-bond acceptors (Lipinski definition) is 5. The molecule has 2 atom stereocenters. The van der Waals surface area contributed by atoms with Crippen molar-refractivity contribution in [1.82, 2.24) is 9.97 Å².